The lowest BCUT2D eigenvalue weighted by molar-refractivity contribution is 0.343. The van der Waals surface area contributed by atoms with E-state index in [0.717, 1.165) is 23.8 Å². The number of ether oxygens (including phenoxy) is 1. The number of allylic oxidation sites excluding steroid dienone is 3. The molecule has 0 fully saturated rings. The minimum absolute atomic E-state index is 0.207. The van der Waals surface area contributed by atoms with Crippen molar-refractivity contribution in [2.24, 2.45) is 4.99 Å². The quantitative estimate of drug-likeness (QED) is 0.447. The molecule has 33 heavy (non-hydrogen) atoms. The first-order valence-electron chi connectivity index (χ1n) is 11.5. The van der Waals surface area contributed by atoms with Crippen LogP contribution in [0.15, 0.2) is 53.0 Å². The highest BCUT2D eigenvalue weighted by molar-refractivity contribution is 5.97. The number of halogens is 1. The highest BCUT2D eigenvalue weighted by atomic mass is 19.1. The third-order valence-corrected chi connectivity index (χ3v) is 5.82. The molecule has 0 saturated carbocycles. The fourth-order valence-corrected chi connectivity index (χ4v) is 3.97. The number of benzene rings is 2. The van der Waals surface area contributed by atoms with Gasteiger partial charge >= 0.3 is 0 Å². The number of nitrogens with one attached hydrogen (secondary N) is 1. The first-order chi connectivity index (χ1) is 16.1. The Morgan fingerprint density at radius 2 is 1.91 bits per heavy atom. The number of hydrogen-bond acceptors (Lipinski definition) is 5. The second-order valence-corrected chi connectivity index (χ2v) is 7.83. The standard InChI is InChI=1S/C27H29FN4O/c1-5-17-11-12-22(30-14-13-17)27-31-25-21(26(29-4)32-27)15-19(16-23(25)33-7-3)20-10-8-9-18(6-2)24(20)28/h8-12,14-16H,5-7,13H2,1-4H3,(H,29,31,32). The molecule has 5 nitrogen and oxygen atoms in total. The number of rotatable bonds is 7. The van der Waals surface area contributed by atoms with Crippen LogP contribution in [0.25, 0.3) is 27.7 Å². The SMILES string of the molecule is CCOc1cc(-c2cccc(CC)c2F)cc2c(NC)nc(C3=CC=C(CC)CC=N3)nc12. The summed E-state index contributed by atoms with van der Waals surface area (Å²) in [7, 11) is 1.82. The van der Waals surface area contributed by atoms with Crippen molar-refractivity contribution in [2.75, 3.05) is 19.0 Å². The molecule has 4 rings (SSSR count). The van der Waals surface area contributed by atoms with Crippen molar-refractivity contribution < 1.29 is 9.13 Å². The third-order valence-electron chi connectivity index (χ3n) is 5.82. The first-order valence-corrected chi connectivity index (χ1v) is 11.5. The molecule has 0 atom stereocenters. The van der Waals surface area contributed by atoms with Gasteiger partial charge in [-0.15, -0.1) is 0 Å². The maximum absolute atomic E-state index is 15.1. The van der Waals surface area contributed by atoms with Crippen molar-refractivity contribution in [3.8, 4) is 16.9 Å². The van der Waals surface area contributed by atoms with Crippen molar-refractivity contribution in [3.63, 3.8) is 0 Å². The van der Waals surface area contributed by atoms with Crippen LogP contribution < -0.4 is 10.1 Å². The molecule has 0 bridgehead atoms. The van der Waals surface area contributed by atoms with Crippen LogP contribution in [-0.2, 0) is 6.42 Å². The first kappa shape index (κ1) is 22.6. The van der Waals surface area contributed by atoms with Gasteiger partial charge in [-0.2, -0.15) is 0 Å². The molecule has 2 aromatic carbocycles. The topological polar surface area (TPSA) is 59.4 Å². The maximum atomic E-state index is 15.1. The van der Waals surface area contributed by atoms with Gasteiger partial charge < -0.3 is 10.1 Å². The van der Waals surface area contributed by atoms with E-state index in [4.69, 9.17) is 14.7 Å². The largest absolute Gasteiger partial charge is 0.492 e. The molecule has 0 spiro atoms. The molecule has 0 saturated heterocycles. The number of anilines is 1. The van der Waals surface area contributed by atoms with E-state index in [-0.39, 0.29) is 5.82 Å². The molecule has 0 radical (unpaired) electrons. The van der Waals surface area contributed by atoms with Gasteiger partial charge in [0.25, 0.3) is 0 Å². The second kappa shape index (κ2) is 9.94. The molecule has 6 heteroatoms. The zero-order valence-corrected chi connectivity index (χ0v) is 19.6. The molecule has 170 valence electrons. The van der Waals surface area contributed by atoms with Crippen LogP contribution in [-0.4, -0.2) is 29.8 Å². The van der Waals surface area contributed by atoms with Gasteiger partial charge in [-0.3, -0.25) is 4.99 Å². The average Bonchev–Trinajstić information content (AvgIpc) is 3.09. The Hall–Kier alpha value is -3.54. The summed E-state index contributed by atoms with van der Waals surface area (Å²) in [6.45, 7) is 6.47. The minimum atomic E-state index is -0.207. The van der Waals surface area contributed by atoms with E-state index in [2.05, 4.69) is 23.3 Å². The van der Waals surface area contributed by atoms with E-state index in [0.29, 0.717) is 52.8 Å². The molecule has 0 unspecified atom stereocenters. The molecule has 1 aromatic heterocycles. The molecule has 1 aliphatic rings. The minimum Gasteiger partial charge on any atom is -0.492 e. The Morgan fingerprint density at radius 3 is 2.64 bits per heavy atom. The van der Waals surface area contributed by atoms with E-state index in [1.165, 1.54) is 5.57 Å². The Labute approximate surface area is 194 Å². The predicted octanol–water partition coefficient (Wildman–Crippen LogP) is 6.59. The maximum Gasteiger partial charge on any atom is 0.180 e. The molecule has 3 aromatic rings. The van der Waals surface area contributed by atoms with Gasteiger partial charge in [0.05, 0.1) is 6.61 Å². The summed E-state index contributed by atoms with van der Waals surface area (Å²) in [5.74, 6) is 1.55. The van der Waals surface area contributed by atoms with E-state index in [1.807, 2.05) is 57.5 Å². The molecule has 0 aliphatic carbocycles. The molecular weight excluding hydrogens is 415 g/mol. The summed E-state index contributed by atoms with van der Waals surface area (Å²) in [4.78, 5) is 14.2. The van der Waals surface area contributed by atoms with Crippen LogP contribution in [0.3, 0.4) is 0 Å². The van der Waals surface area contributed by atoms with Crippen LogP contribution in [0.1, 0.15) is 45.0 Å². The van der Waals surface area contributed by atoms with Gasteiger partial charge in [0, 0.05) is 30.6 Å². The highest BCUT2D eigenvalue weighted by Gasteiger charge is 2.18. The van der Waals surface area contributed by atoms with E-state index in [9.17, 15) is 0 Å². The molecule has 2 heterocycles. The number of aromatic nitrogens is 2. The van der Waals surface area contributed by atoms with Crippen LogP contribution in [0.4, 0.5) is 10.2 Å². The predicted molar refractivity (Wildman–Crippen MR) is 134 cm³/mol. The van der Waals surface area contributed by atoms with E-state index < -0.39 is 0 Å². The Bertz CT molecular complexity index is 1280. The second-order valence-electron chi connectivity index (χ2n) is 7.83. The van der Waals surface area contributed by atoms with Gasteiger partial charge in [0.1, 0.15) is 28.6 Å². The summed E-state index contributed by atoms with van der Waals surface area (Å²) in [5, 5.41) is 3.95. The average molecular weight is 445 g/mol. The molecule has 1 aliphatic heterocycles. The fraction of sp³-hybridized carbons (Fsp3) is 0.296. The van der Waals surface area contributed by atoms with Crippen molar-refractivity contribution >= 4 is 28.6 Å². The van der Waals surface area contributed by atoms with Crippen LogP contribution >= 0.6 is 0 Å². The number of aryl methyl sites for hydroxylation is 1. The van der Waals surface area contributed by atoms with Crippen molar-refractivity contribution in [1.29, 1.82) is 0 Å². The smallest absolute Gasteiger partial charge is 0.180 e. The lowest BCUT2D eigenvalue weighted by Crippen LogP contribution is -2.04. The molecule has 0 amide bonds. The lowest BCUT2D eigenvalue weighted by Gasteiger charge is -2.15. The Kier molecular flexibility index (Phi) is 6.82. The van der Waals surface area contributed by atoms with Crippen LogP contribution in [0, 0.1) is 5.82 Å². The molecule has 1 N–H and O–H groups in total. The van der Waals surface area contributed by atoms with Crippen LogP contribution in [0.5, 0.6) is 5.75 Å². The zero-order chi connectivity index (χ0) is 23.4. The summed E-state index contributed by atoms with van der Waals surface area (Å²) in [6, 6.07) is 9.28. The third kappa shape index (κ3) is 4.51. The number of nitrogens with zero attached hydrogens (tertiary/aromatic N) is 3. The highest BCUT2D eigenvalue weighted by Crippen LogP contribution is 2.37. The summed E-state index contributed by atoms with van der Waals surface area (Å²) in [5.41, 5.74) is 4.63. The monoisotopic (exact) mass is 444 g/mol. The van der Waals surface area contributed by atoms with E-state index in [1.54, 1.807) is 6.07 Å². The van der Waals surface area contributed by atoms with Gasteiger partial charge in [0.2, 0.25) is 0 Å². The van der Waals surface area contributed by atoms with E-state index >= 15 is 4.39 Å². The summed E-state index contributed by atoms with van der Waals surface area (Å²) < 4.78 is 21.1. The normalized spacial score (nSPS) is 13.5. The van der Waals surface area contributed by atoms with Gasteiger partial charge in [-0.05, 0) is 49.1 Å². The van der Waals surface area contributed by atoms with Crippen molar-refractivity contribution in [3.05, 3.63) is 65.3 Å². The van der Waals surface area contributed by atoms with Gasteiger partial charge in [-0.1, -0.05) is 43.7 Å². The number of aliphatic imine (C=N–C) groups is 1. The van der Waals surface area contributed by atoms with Crippen molar-refractivity contribution in [2.45, 2.75) is 40.0 Å². The lowest BCUT2D eigenvalue weighted by atomic mass is 9.99. The van der Waals surface area contributed by atoms with Gasteiger partial charge in [-0.25, -0.2) is 14.4 Å². The zero-order valence-electron chi connectivity index (χ0n) is 19.6. The van der Waals surface area contributed by atoms with Crippen LogP contribution in [0.2, 0.25) is 0 Å². The summed E-state index contributed by atoms with van der Waals surface area (Å²) in [6.07, 6.45) is 8.37. The number of hydrogen-bond donors (Lipinski definition) is 1. The van der Waals surface area contributed by atoms with Gasteiger partial charge in [0.15, 0.2) is 5.82 Å². The Morgan fingerprint density at radius 1 is 1.06 bits per heavy atom. The number of fused-ring (bicyclic) bond motifs is 1. The summed E-state index contributed by atoms with van der Waals surface area (Å²) >= 11 is 0. The fourth-order valence-electron chi connectivity index (χ4n) is 3.97. The van der Waals surface area contributed by atoms with Crippen molar-refractivity contribution in [1.82, 2.24) is 9.97 Å². The molecular formula is C27H29FN4O. The Balaban J connectivity index is 1.93.